The molecule has 2 aromatic heterocycles. The lowest BCUT2D eigenvalue weighted by molar-refractivity contribution is -0.144. The third kappa shape index (κ3) is 2.04. The molecule has 0 N–H and O–H groups in total. The minimum atomic E-state index is -4.75. The molecule has 0 amide bonds. The van der Waals surface area contributed by atoms with Gasteiger partial charge in [0.25, 0.3) is 12.2 Å². The molecule has 2 rings (SSSR count). The summed E-state index contributed by atoms with van der Waals surface area (Å²) in [5, 5.41) is 2.56. The third-order valence-electron chi connectivity index (χ3n) is 1.96. The van der Waals surface area contributed by atoms with Crippen LogP contribution in [0.5, 0.6) is 0 Å². The van der Waals surface area contributed by atoms with E-state index < -0.39 is 34.7 Å². The number of pyridine rings is 1. The minimum Gasteiger partial charge on any atom is -0.219 e. The van der Waals surface area contributed by atoms with Gasteiger partial charge in [-0.1, -0.05) is 11.6 Å². The van der Waals surface area contributed by atoms with Gasteiger partial charge in [0.15, 0.2) is 5.65 Å². The van der Waals surface area contributed by atoms with Gasteiger partial charge in [-0.05, 0) is 6.07 Å². The van der Waals surface area contributed by atoms with Crippen molar-refractivity contribution in [3.8, 4) is 0 Å². The van der Waals surface area contributed by atoms with E-state index in [0.717, 1.165) is 12.3 Å². The van der Waals surface area contributed by atoms with Crippen molar-refractivity contribution in [2.45, 2.75) is 12.6 Å². The van der Waals surface area contributed by atoms with Gasteiger partial charge in [0.1, 0.15) is 0 Å². The SMILES string of the molecule is FC(F)c1ccn2nc(C(F)(F)F)nc2c1Cl. The second kappa shape index (κ2) is 3.80. The summed E-state index contributed by atoms with van der Waals surface area (Å²) >= 11 is 5.53. The molecule has 0 saturated heterocycles. The molecule has 3 nitrogen and oxygen atoms in total. The molecule has 0 unspecified atom stereocenters. The maximum absolute atomic E-state index is 12.4. The Hall–Kier alpha value is -1.44. The molecule has 0 bridgehead atoms. The highest BCUT2D eigenvalue weighted by Crippen LogP contribution is 2.32. The molecule has 92 valence electrons. The van der Waals surface area contributed by atoms with Gasteiger partial charge in [-0.3, -0.25) is 0 Å². The van der Waals surface area contributed by atoms with E-state index in [0.29, 0.717) is 4.52 Å². The molecule has 0 aromatic carbocycles. The van der Waals surface area contributed by atoms with E-state index in [1.165, 1.54) is 0 Å². The molecule has 2 heterocycles. The lowest BCUT2D eigenvalue weighted by Crippen LogP contribution is -2.07. The largest absolute Gasteiger partial charge is 0.453 e. The fourth-order valence-electron chi connectivity index (χ4n) is 1.22. The summed E-state index contributed by atoms with van der Waals surface area (Å²) in [6.45, 7) is 0. The molecular formula is C8H3ClF5N3. The van der Waals surface area contributed by atoms with Gasteiger partial charge >= 0.3 is 6.18 Å². The van der Waals surface area contributed by atoms with E-state index >= 15 is 0 Å². The molecule has 0 saturated carbocycles. The van der Waals surface area contributed by atoms with Crippen LogP contribution in [0.4, 0.5) is 22.0 Å². The summed E-state index contributed by atoms with van der Waals surface area (Å²) in [6.07, 6.45) is -6.69. The van der Waals surface area contributed by atoms with Gasteiger partial charge < -0.3 is 0 Å². The molecule has 0 aliphatic rings. The molecule has 2 aromatic rings. The van der Waals surface area contributed by atoms with Crippen LogP contribution in [0.3, 0.4) is 0 Å². The smallest absolute Gasteiger partial charge is 0.219 e. The van der Waals surface area contributed by atoms with E-state index in [4.69, 9.17) is 11.6 Å². The summed E-state index contributed by atoms with van der Waals surface area (Å²) in [5.74, 6) is -1.43. The van der Waals surface area contributed by atoms with Crippen molar-refractivity contribution >= 4 is 17.2 Å². The highest BCUT2D eigenvalue weighted by atomic mass is 35.5. The van der Waals surface area contributed by atoms with Gasteiger partial charge in [0.2, 0.25) is 0 Å². The van der Waals surface area contributed by atoms with Crippen molar-refractivity contribution in [1.82, 2.24) is 14.6 Å². The lowest BCUT2D eigenvalue weighted by atomic mass is 10.3. The van der Waals surface area contributed by atoms with Crippen molar-refractivity contribution in [3.63, 3.8) is 0 Å². The van der Waals surface area contributed by atoms with Crippen molar-refractivity contribution in [2.24, 2.45) is 0 Å². The molecule has 0 spiro atoms. The molecule has 0 atom stereocenters. The molecule has 9 heteroatoms. The van der Waals surface area contributed by atoms with Crippen LogP contribution in [-0.2, 0) is 6.18 Å². The fraction of sp³-hybridized carbons (Fsp3) is 0.250. The number of halogens is 6. The number of nitrogens with zero attached hydrogens (tertiary/aromatic N) is 3. The van der Waals surface area contributed by atoms with E-state index in [1.807, 2.05) is 0 Å². The monoisotopic (exact) mass is 271 g/mol. The average molecular weight is 272 g/mol. The van der Waals surface area contributed by atoms with Gasteiger partial charge in [-0.15, -0.1) is 5.10 Å². The summed E-state index contributed by atoms with van der Waals surface area (Å²) in [6, 6.07) is 0.898. The number of aromatic nitrogens is 3. The number of hydrogen-bond donors (Lipinski definition) is 0. The third-order valence-corrected chi connectivity index (χ3v) is 2.35. The van der Waals surface area contributed by atoms with Crippen LogP contribution >= 0.6 is 11.6 Å². The van der Waals surface area contributed by atoms with E-state index in [1.54, 1.807) is 0 Å². The fourth-order valence-corrected chi connectivity index (χ4v) is 1.49. The summed E-state index contributed by atoms with van der Waals surface area (Å²) in [5.41, 5.74) is -1.03. The van der Waals surface area contributed by atoms with E-state index in [-0.39, 0.29) is 0 Å². The Labute approximate surface area is 95.8 Å². The quantitative estimate of drug-likeness (QED) is 0.745. The highest BCUT2D eigenvalue weighted by Gasteiger charge is 2.36. The number of hydrogen-bond acceptors (Lipinski definition) is 2. The van der Waals surface area contributed by atoms with E-state index in [2.05, 4.69) is 10.1 Å². The Morgan fingerprint density at radius 3 is 2.47 bits per heavy atom. The van der Waals surface area contributed by atoms with Gasteiger partial charge in [-0.2, -0.15) is 13.2 Å². The van der Waals surface area contributed by atoms with Crippen molar-refractivity contribution in [3.05, 3.63) is 28.7 Å². The topological polar surface area (TPSA) is 30.2 Å². The van der Waals surface area contributed by atoms with Crippen molar-refractivity contribution in [2.75, 3.05) is 0 Å². The highest BCUT2D eigenvalue weighted by molar-refractivity contribution is 6.34. The van der Waals surface area contributed by atoms with Gasteiger partial charge in [0.05, 0.1) is 5.02 Å². The Bertz CT molecular complexity index is 562. The second-order valence-electron chi connectivity index (χ2n) is 3.09. The molecular weight excluding hydrogens is 269 g/mol. The van der Waals surface area contributed by atoms with Crippen LogP contribution in [0.25, 0.3) is 5.65 Å². The molecule has 17 heavy (non-hydrogen) atoms. The van der Waals surface area contributed by atoms with Crippen LogP contribution in [0.15, 0.2) is 12.3 Å². The summed E-state index contributed by atoms with van der Waals surface area (Å²) in [4.78, 5) is 3.09. The second-order valence-corrected chi connectivity index (χ2v) is 3.47. The van der Waals surface area contributed by atoms with Crippen LogP contribution < -0.4 is 0 Å². The van der Waals surface area contributed by atoms with E-state index in [9.17, 15) is 22.0 Å². The summed E-state index contributed by atoms with van der Waals surface area (Å²) in [7, 11) is 0. The Kier molecular flexibility index (Phi) is 2.69. The standard InChI is InChI=1S/C8H3ClF5N3/c9-4-3(5(10)11)1-2-17-6(4)15-7(16-17)8(12,13)14/h1-2,5H. The molecule has 0 radical (unpaired) electrons. The van der Waals surface area contributed by atoms with Gasteiger partial charge in [0, 0.05) is 11.8 Å². The zero-order chi connectivity index (χ0) is 12.8. The van der Waals surface area contributed by atoms with Crippen LogP contribution in [0.2, 0.25) is 5.02 Å². The Morgan fingerprint density at radius 2 is 1.94 bits per heavy atom. The van der Waals surface area contributed by atoms with Gasteiger partial charge in [-0.25, -0.2) is 18.3 Å². The average Bonchev–Trinajstić information content (AvgIpc) is 2.61. The molecule has 0 aliphatic carbocycles. The first kappa shape index (κ1) is 12.0. The minimum absolute atomic E-state index is 0.447. The van der Waals surface area contributed by atoms with Crippen LogP contribution in [0, 0.1) is 0 Å². The first-order valence-corrected chi connectivity index (χ1v) is 4.58. The number of rotatable bonds is 1. The number of alkyl halides is 5. The van der Waals surface area contributed by atoms with Crippen molar-refractivity contribution in [1.29, 1.82) is 0 Å². The maximum Gasteiger partial charge on any atom is 0.453 e. The predicted octanol–water partition coefficient (Wildman–Crippen LogP) is 3.34. The first-order chi connectivity index (χ1) is 7.80. The molecule has 0 fully saturated rings. The number of fused-ring (bicyclic) bond motifs is 1. The zero-order valence-electron chi connectivity index (χ0n) is 7.84. The lowest BCUT2D eigenvalue weighted by Gasteiger charge is -2.02. The van der Waals surface area contributed by atoms with Crippen LogP contribution in [-0.4, -0.2) is 14.6 Å². The molecule has 0 aliphatic heterocycles. The Morgan fingerprint density at radius 1 is 1.29 bits per heavy atom. The summed E-state index contributed by atoms with van der Waals surface area (Å²) < 4.78 is 62.4. The van der Waals surface area contributed by atoms with Crippen molar-refractivity contribution < 1.29 is 22.0 Å². The first-order valence-electron chi connectivity index (χ1n) is 4.21. The Balaban J connectivity index is 2.66. The zero-order valence-corrected chi connectivity index (χ0v) is 8.60. The predicted molar refractivity (Wildman–Crippen MR) is 48.0 cm³/mol. The maximum atomic E-state index is 12.4. The normalized spacial score (nSPS) is 12.6. The van der Waals surface area contributed by atoms with Crippen LogP contribution in [0.1, 0.15) is 17.8 Å².